The molecule has 0 atom stereocenters. The minimum Gasteiger partial charge on any atom is -0.342 e. The Morgan fingerprint density at radius 2 is 1.93 bits per heavy atom. The lowest BCUT2D eigenvalue weighted by atomic mass is 10.2. The summed E-state index contributed by atoms with van der Waals surface area (Å²) in [6.07, 6.45) is 0. The first-order chi connectivity index (χ1) is 6.59. The van der Waals surface area contributed by atoms with Gasteiger partial charge in [-0.2, -0.15) is 0 Å². The van der Waals surface area contributed by atoms with E-state index >= 15 is 0 Å². The molecular formula is C12H14IN. The molecule has 1 nitrogen and oxygen atoms in total. The zero-order valence-electron chi connectivity index (χ0n) is 8.71. The van der Waals surface area contributed by atoms with E-state index < -0.39 is 0 Å². The lowest BCUT2D eigenvalue weighted by Crippen LogP contribution is -2.01. The fraction of sp³-hybridized carbons (Fsp3) is 0.333. The minimum absolute atomic E-state index is 0.535. The molecule has 0 aliphatic rings. The second-order valence-electron chi connectivity index (χ2n) is 3.95. The molecule has 1 heterocycles. The molecule has 0 amide bonds. The van der Waals surface area contributed by atoms with Gasteiger partial charge in [0.1, 0.15) is 0 Å². The molecule has 2 aromatic rings. The van der Waals surface area contributed by atoms with Crippen LogP contribution < -0.4 is 0 Å². The van der Waals surface area contributed by atoms with Crippen molar-refractivity contribution >= 4 is 33.5 Å². The molecule has 0 N–H and O–H groups in total. The number of nitrogens with zero attached hydrogens (tertiary/aromatic N) is 1. The van der Waals surface area contributed by atoms with Crippen LogP contribution in [0.3, 0.4) is 0 Å². The molecule has 14 heavy (non-hydrogen) atoms. The molecule has 74 valence electrons. The van der Waals surface area contributed by atoms with Crippen LogP contribution in [0.1, 0.15) is 25.6 Å². The van der Waals surface area contributed by atoms with Gasteiger partial charge < -0.3 is 4.57 Å². The summed E-state index contributed by atoms with van der Waals surface area (Å²) >= 11 is 2.36. The summed E-state index contributed by atoms with van der Waals surface area (Å²) in [6.45, 7) is 6.63. The number of aryl methyl sites for hydroxylation is 1. The van der Waals surface area contributed by atoms with Gasteiger partial charge in [-0.3, -0.25) is 0 Å². The Bertz CT molecular complexity index is 468. The van der Waals surface area contributed by atoms with E-state index in [4.69, 9.17) is 0 Å². The quantitative estimate of drug-likeness (QED) is 0.698. The highest BCUT2D eigenvalue weighted by atomic mass is 127. The topological polar surface area (TPSA) is 4.93 Å². The Labute approximate surface area is 98.3 Å². The maximum absolute atomic E-state index is 2.38. The van der Waals surface area contributed by atoms with Crippen molar-refractivity contribution in [3.8, 4) is 0 Å². The third kappa shape index (κ3) is 1.56. The third-order valence-electron chi connectivity index (χ3n) is 2.51. The summed E-state index contributed by atoms with van der Waals surface area (Å²) in [6, 6.07) is 9.41. The van der Waals surface area contributed by atoms with Crippen molar-refractivity contribution in [2.45, 2.75) is 26.8 Å². The molecule has 1 aromatic heterocycles. The van der Waals surface area contributed by atoms with Gasteiger partial charge in [-0.1, -0.05) is 0 Å². The van der Waals surface area contributed by atoms with Crippen molar-refractivity contribution in [3.05, 3.63) is 33.5 Å². The monoisotopic (exact) mass is 299 g/mol. The van der Waals surface area contributed by atoms with Crippen LogP contribution in [0, 0.1) is 10.5 Å². The van der Waals surface area contributed by atoms with Gasteiger partial charge in [0.2, 0.25) is 0 Å². The van der Waals surface area contributed by atoms with Crippen molar-refractivity contribution in [1.29, 1.82) is 0 Å². The molecule has 0 spiro atoms. The summed E-state index contributed by atoms with van der Waals surface area (Å²) < 4.78 is 3.68. The number of halogens is 1. The van der Waals surface area contributed by atoms with E-state index in [1.165, 1.54) is 20.2 Å². The average molecular weight is 299 g/mol. The molecule has 0 fully saturated rings. The largest absolute Gasteiger partial charge is 0.342 e. The molecule has 0 aliphatic carbocycles. The van der Waals surface area contributed by atoms with E-state index in [-0.39, 0.29) is 0 Å². The summed E-state index contributed by atoms with van der Waals surface area (Å²) in [4.78, 5) is 0. The van der Waals surface area contributed by atoms with E-state index in [0.29, 0.717) is 6.04 Å². The van der Waals surface area contributed by atoms with Crippen LogP contribution >= 0.6 is 22.6 Å². The number of aromatic nitrogens is 1. The Hall–Kier alpha value is -0.510. The molecule has 0 saturated heterocycles. The summed E-state index contributed by atoms with van der Waals surface area (Å²) in [5, 5.41) is 1.35. The van der Waals surface area contributed by atoms with Gasteiger partial charge in [-0.05, 0) is 67.6 Å². The van der Waals surface area contributed by atoms with Gasteiger partial charge in [0.15, 0.2) is 0 Å². The second kappa shape index (κ2) is 3.57. The Morgan fingerprint density at radius 3 is 2.57 bits per heavy atom. The van der Waals surface area contributed by atoms with Gasteiger partial charge in [0, 0.05) is 26.2 Å². The number of rotatable bonds is 1. The van der Waals surface area contributed by atoms with E-state index in [9.17, 15) is 0 Å². The highest BCUT2D eigenvalue weighted by molar-refractivity contribution is 14.1. The lowest BCUT2D eigenvalue weighted by molar-refractivity contribution is 0.608. The number of hydrogen-bond acceptors (Lipinski definition) is 0. The van der Waals surface area contributed by atoms with Crippen LogP contribution in [-0.2, 0) is 0 Å². The molecule has 2 heteroatoms. The molecule has 2 rings (SSSR count). The van der Waals surface area contributed by atoms with E-state index in [1.54, 1.807) is 0 Å². The van der Waals surface area contributed by atoms with E-state index in [2.05, 4.69) is 72.2 Å². The van der Waals surface area contributed by atoms with Crippen molar-refractivity contribution in [2.75, 3.05) is 0 Å². The van der Waals surface area contributed by atoms with Crippen LogP contribution in [-0.4, -0.2) is 4.57 Å². The first-order valence-electron chi connectivity index (χ1n) is 4.86. The molecule has 0 saturated carbocycles. The van der Waals surface area contributed by atoms with Crippen molar-refractivity contribution in [3.63, 3.8) is 0 Å². The van der Waals surface area contributed by atoms with E-state index in [0.717, 1.165) is 0 Å². The van der Waals surface area contributed by atoms with Crippen molar-refractivity contribution < 1.29 is 0 Å². The fourth-order valence-corrected chi connectivity index (χ4v) is 2.55. The number of hydrogen-bond donors (Lipinski definition) is 0. The second-order valence-corrected chi connectivity index (χ2v) is 5.20. The highest BCUT2D eigenvalue weighted by Crippen LogP contribution is 2.24. The standard InChI is InChI=1S/C12H14IN/c1-8(2)14-9(3)6-10-7-11(13)4-5-12(10)14/h4-8H,1-3H3. The van der Waals surface area contributed by atoms with Crippen LogP contribution in [0.25, 0.3) is 10.9 Å². The Kier molecular flexibility index (Phi) is 2.56. The highest BCUT2D eigenvalue weighted by Gasteiger charge is 2.07. The average Bonchev–Trinajstić information content (AvgIpc) is 2.39. The van der Waals surface area contributed by atoms with Crippen LogP contribution in [0.4, 0.5) is 0 Å². The first kappa shape index (κ1) is 10.0. The van der Waals surface area contributed by atoms with Crippen LogP contribution in [0.2, 0.25) is 0 Å². The van der Waals surface area contributed by atoms with Gasteiger partial charge in [-0.25, -0.2) is 0 Å². The maximum Gasteiger partial charge on any atom is 0.0485 e. The smallest absolute Gasteiger partial charge is 0.0485 e. The van der Waals surface area contributed by atoms with Crippen molar-refractivity contribution in [2.24, 2.45) is 0 Å². The fourth-order valence-electron chi connectivity index (χ4n) is 2.03. The maximum atomic E-state index is 2.38. The summed E-state index contributed by atoms with van der Waals surface area (Å²) in [7, 11) is 0. The zero-order chi connectivity index (χ0) is 10.3. The van der Waals surface area contributed by atoms with Crippen LogP contribution in [0.5, 0.6) is 0 Å². The molecule has 0 unspecified atom stereocenters. The summed E-state index contributed by atoms with van der Waals surface area (Å²) in [5.74, 6) is 0. The Balaban J connectivity index is 2.77. The molecule has 0 radical (unpaired) electrons. The van der Waals surface area contributed by atoms with Gasteiger partial charge >= 0.3 is 0 Å². The van der Waals surface area contributed by atoms with Crippen molar-refractivity contribution in [1.82, 2.24) is 4.57 Å². The molecule has 1 aromatic carbocycles. The summed E-state index contributed by atoms with van der Waals surface area (Å²) in [5.41, 5.74) is 2.69. The predicted molar refractivity (Wildman–Crippen MR) is 69.8 cm³/mol. The SMILES string of the molecule is Cc1cc2cc(I)ccc2n1C(C)C. The van der Waals surface area contributed by atoms with Gasteiger partial charge in [0.05, 0.1) is 0 Å². The van der Waals surface area contributed by atoms with E-state index in [1.807, 2.05) is 0 Å². The minimum atomic E-state index is 0.535. The third-order valence-corrected chi connectivity index (χ3v) is 3.18. The number of fused-ring (bicyclic) bond motifs is 1. The van der Waals surface area contributed by atoms with Gasteiger partial charge in [0.25, 0.3) is 0 Å². The Morgan fingerprint density at radius 1 is 1.21 bits per heavy atom. The molecule has 0 aliphatic heterocycles. The van der Waals surface area contributed by atoms with Gasteiger partial charge in [-0.15, -0.1) is 0 Å². The predicted octanol–water partition coefficient (Wildman–Crippen LogP) is 4.14. The molecule has 0 bridgehead atoms. The number of benzene rings is 1. The zero-order valence-corrected chi connectivity index (χ0v) is 10.9. The van der Waals surface area contributed by atoms with Crippen LogP contribution in [0.15, 0.2) is 24.3 Å². The first-order valence-corrected chi connectivity index (χ1v) is 5.94. The normalized spacial score (nSPS) is 11.5. The molecular weight excluding hydrogens is 285 g/mol. The lowest BCUT2D eigenvalue weighted by Gasteiger charge is -2.12.